The van der Waals surface area contributed by atoms with E-state index in [0.29, 0.717) is 6.04 Å². The molecule has 1 saturated heterocycles. The molecule has 23 heavy (non-hydrogen) atoms. The fraction of sp³-hybridized carbons (Fsp3) is 0.611. The summed E-state index contributed by atoms with van der Waals surface area (Å²) in [6, 6.07) is 10.5. The number of nitrogens with two attached hydrogens (primary N) is 1. The predicted molar refractivity (Wildman–Crippen MR) is 95.5 cm³/mol. The lowest BCUT2D eigenvalue weighted by Gasteiger charge is -2.45. The molecular formula is C18H28ClN3O. The molecule has 1 aromatic rings. The van der Waals surface area contributed by atoms with Crippen molar-refractivity contribution in [2.24, 2.45) is 11.1 Å². The van der Waals surface area contributed by atoms with E-state index in [1.54, 1.807) is 0 Å². The van der Waals surface area contributed by atoms with Gasteiger partial charge >= 0.3 is 0 Å². The lowest BCUT2D eigenvalue weighted by atomic mass is 9.79. The summed E-state index contributed by atoms with van der Waals surface area (Å²) in [5.74, 6) is 0.139. The monoisotopic (exact) mass is 337 g/mol. The predicted octanol–water partition coefficient (Wildman–Crippen LogP) is 2.49. The first-order chi connectivity index (χ1) is 10.5. The normalized spacial score (nSPS) is 25.3. The number of rotatable bonds is 4. The second-order valence-electron chi connectivity index (χ2n) is 7.45. The standard InChI is InChI=1S/C18H27N3O.ClH/c1-18(2)12-21(11-10-15(18)19)16(13-6-4-3-5-7-13)17(22)20-14-8-9-14;/h3-7,14-16H,8-12,19H2,1-2H3,(H,20,22);1H. The molecule has 2 atom stereocenters. The van der Waals surface area contributed by atoms with Crippen LogP contribution in [0.5, 0.6) is 0 Å². The second-order valence-corrected chi connectivity index (χ2v) is 7.45. The van der Waals surface area contributed by atoms with E-state index in [-0.39, 0.29) is 35.8 Å². The van der Waals surface area contributed by atoms with Crippen LogP contribution in [0.4, 0.5) is 0 Å². The van der Waals surface area contributed by atoms with Gasteiger partial charge < -0.3 is 11.1 Å². The number of amides is 1. The van der Waals surface area contributed by atoms with Gasteiger partial charge in [0.1, 0.15) is 6.04 Å². The Morgan fingerprint density at radius 3 is 2.48 bits per heavy atom. The van der Waals surface area contributed by atoms with Crippen LogP contribution in [0.3, 0.4) is 0 Å². The number of nitrogens with zero attached hydrogens (tertiary/aromatic N) is 1. The summed E-state index contributed by atoms with van der Waals surface area (Å²) in [5, 5.41) is 3.18. The molecule has 0 aromatic heterocycles. The van der Waals surface area contributed by atoms with Crippen molar-refractivity contribution in [3.05, 3.63) is 35.9 Å². The third-order valence-corrected chi connectivity index (χ3v) is 4.99. The van der Waals surface area contributed by atoms with Crippen molar-refractivity contribution in [2.45, 2.75) is 51.2 Å². The first-order valence-electron chi connectivity index (χ1n) is 8.32. The fourth-order valence-corrected chi connectivity index (χ4v) is 3.31. The minimum atomic E-state index is -0.200. The Balaban J connectivity index is 0.00000192. The summed E-state index contributed by atoms with van der Waals surface area (Å²) >= 11 is 0. The molecule has 2 fully saturated rings. The van der Waals surface area contributed by atoms with Crippen molar-refractivity contribution >= 4 is 18.3 Å². The van der Waals surface area contributed by atoms with E-state index in [4.69, 9.17) is 5.73 Å². The third-order valence-electron chi connectivity index (χ3n) is 4.99. The van der Waals surface area contributed by atoms with Gasteiger partial charge in [0, 0.05) is 25.2 Å². The zero-order valence-corrected chi connectivity index (χ0v) is 14.8. The van der Waals surface area contributed by atoms with Gasteiger partial charge in [0.15, 0.2) is 0 Å². The van der Waals surface area contributed by atoms with E-state index >= 15 is 0 Å². The van der Waals surface area contributed by atoms with Gasteiger partial charge in [0.25, 0.3) is 0 Å². The molecule has 1 aliphatic carbocycles. The van der Waals surface area contributed by atoms with Gasteiger partial charge in [-0.05, 0) is 30.2 Å². The van der Waals surface area contributed by atoms with Crippen LogP contribution in [0.2, 0.25) is 0 Å². The largest absolute Gasteiger partial charge is 0.352 e. The third kappa shape index (κ3) is 4.25. The highest BCUT2D eigenvalue weighted by Crippen LogP contribution is 2.34. The zero-order valence-electron chi connectivity index (χ0n) is 14.0. The van der Waals surface area contributed by atoms with Crippen LogP contribution in [0.25, 0.3) is 0 Å². The number of hydrogen-bond donors (Lipinski definition) is 2. The lowest BCUT2D eigenvalue weighted by molar-refractivity contribution is -0.128. The molecule has 1 aromatic carbocycles. The maximum absolute atomic E-state index is 12.8. The molecule has 1 saturated carbocycles. The molecule has 0 spiro atoms. The van der Waals surface area contributed by atoms with Crippen molar-refractivity contribution < 1.29 is 4.79 Å². The minimum Gasteiger partial charge on any atom is -0.352 e. The SMILES string of the molecule is CC1(C)CN(C(C(=O)NC2CC2)c2ccccc2)CCC1N.Cl. The fourth-order valence-electron chi connectivity index (χ4n) is 3.31. The molecule has 2 aliphatic rings. The van der Waals surface area contributed by atoms with Crippen LogP contribution in [0.15, 0.2) is 30.3 Å². The van der Waals surface area contributed by atoms with E-state index in [0.717, 1.165) is 37.9 Å². The van der Waals surface area contributed by atoms with Crippen LogP contribution >= 0.6 is 12.4 Å². The topological polar surface area (TPSA) is 58.4 Å². The Morgan fingerprint density at radius 2 is 1.91 bits per heavy atom. The number of hydrogen-bond acceptors (Lipinski definition) is 3. The van der Waals surface area contributed by atoms with Crippen molar-refractivity contribution in [3.8, 4) is 0 Å². The summed E-state index contributed by atoms with van der Waals surface area (Å²) in [6.07, 6.45) is 3.17. The van der Waals surface area contributed by atoms with Gasteiger partial charge in [-0.15, -0.1) is 12.4 Å². The minimum absolute atomic E-state index is 0. The first kappa shape index (κ1) is 18.2. The molecule has 128 valence electrons. The van der Waals surface area contributed by atoms with Crippen LogP contribution in [-0.4, -0.2) is 36.0 Å². The van der Waals surface area contributed by atoms with Crippen molar-refractivity contribution in [2.75, 3.05) is 13.1 Å². The average Bonchev–Trinajstić information content (AvgIpc) is 3.28. The number of halogens is 1. The highest BCUT2D eigenvalue weighted by atomic mass is 35.5. The number of likely N-dealkylation sites (tertiary alicyclic amines) is 1. The van der Waals surface area contributed by atoms with Crippen molar-refractivity contribution in [1.82, 2.24) is 10.2 Å². The van der Waals surface area contributed by atoms with Crippen LogP contribution in [-0.2, 0) is 4.79 Å². The van der Waals surface area contributed by atoms with Gasteiger partial charge in [0.2, 0.25) is 5.91 Å². The molecule has 4 nitrogen and oxygen atoms in total. The maximum atomic E-state index is 12.8. The molecule has 3 N–H and O–H groups in total. The highest BCUT2D eigenvalue weighted by molar-refractivity contribution is 5.85. The number of carbonyl (C=O) groups is 1. The Kier molecular flexibility index (Phi) is 5.71. The molecule has 0 bridgehead atoms. The van der Waals surface area contributed by atoms with Gasteiger partial charge in [0.05, 0.1) is 0 Å². The molecule has 3 rings (SSSR count). The van der Waals surface area contributed by atoms with Crippen LogP contribution < -0.4 is 11.1 Å². The Hall–Kier alpha value is -1.10. The molecule has 2 unspecified atom stereocenters. The average molecular weight is 338 g/mol. The number of benzene rings is 1. The summed E-state index contributed by atoms with van der Waals surface area (Å²) in [5.41, 5.74) is 7.36. The number of piperidine rings is 1. The number of carbonyl (C=O) groups excluding carboxylic acids is 1. The van der Waals surface area contributed by atoms with Gasteiger partial charge in [-0.3, -0.25) is 9.69 Å². The lowest BCUT2D eigenvalue weighted by Crippen LogP contribution is -2.55. The summed E-state index contributed by atoms with van der Waals surface area (Å²) < 4.78 is 0. The van der Waals surface area contributed by atoms with Gasteiger partial charge in [-0.2, -0.15) is 0 Å². The van der Waals surface area contributed by atoms with Crippen LogP contribution in [0, 0.1) is 5.41 Å². The molecule has 1 heterocycles. The van der Waals surface area contributed by atoms with E-state index in [2.05, 4.69) is 36.2 Å². The Morgan fingerprint density at radius 1 is 1.26 bits per heavy atom. The highest BCUT2D eigenvalue weighted by Gasteiger charge is 2.39. The molecular weight excluding hydrogens is 310 g/mol. The first-order valence-corrected chi connectivity index (χ1v) is 8.32. The summed E-state index contributed by atoms with van der Waals surface area (Å²) in [6.45, 7) is 6.13. The zero-order chi connectivity index (χ0) is 15.7. The number of nitrogens with one attached hydrogen (secondary N) is 1. The molecule has 1 aliphatic heterocycles. The van der Waals surface area contributed by atoms with Crippen molar-refractivity contribution in [1.29, 1.82) is 0 Å². The molecule has 1 amide bonds. The van der Waals surface area contributed by atoms with Gasteiger partial charge in [-0.25, -0.2) is 0 Å². The van der Waals surface area contributed by atoms with E-state index in [9.17, 15) is 4.79 Å². The maximum Gasteiger partial charge on any atom is 0.242 e. The summed E-state index contributed by atoms with van der Waals surface area (Å²) in [4.78, 5) is 15.1. The second kappa shape index (κ2) is 7.20. The van der Waals surface area contributed by atoms with E-state index in [1.165, 1.54) is 0 Å². The van der Waals surface area contributed by atoms with Gasteiger partial charge in [-0.1, -0.05) is 44.2 Å². The van der Waals surface area contributed by atoms with Crippen LogP contribution in [0.1, 0.15) is 44.7 Å². The quantitative estimate of drug-likeness (QED) is 0.887. The van der Waals surface area contributed by atoms with E-state index in [1.807, 2.05) is 18.2 Å². The van der Waals surface area contributed by atoms with E-state index < -0.39 is 0 Å². The van der Waals surface area contributed by atoms with Crippen molar-refractivity contribution in [3.63, 3.8) is 0 Å². The summed E-state index contributed by atoms with van der Waals surface area (Å²) in [7, 11) is 0. The Bertz CT molecular complexity index is 530. The smallest absolute Gasteiger partial charge is 0.242 e. The molecule has 5 heteroatoms. The molecule has 0 radical (unpaired) electrons. The Labute approximate surface area is 145 Å².